The van der Waals surface area contributed by atoms with Crippen molar-refractivity contribution < 1.29 is 13.9 Å². The summed E-state index contributed by atoms with van der Waals surface area (Å²) in [6, 6.07) is 14.5. The fraction of sp³-hybridized carbons (Fsp3) is 0.143. The van der Waals surface area contributed by atoms with Gasteiger partial charge in [-0.15, -0.1) is 0 Å². The number of aryl methyl sites for hydroxylation is 2. The lowest BCUT2D eigenvalue weighted by atomic mass is 10.1. The molecule has 0 radical (unpaired) electrons. The van der Waals surface area contributed by atoms with Crippen LogP contribution in [-0.4, -0.2) is 18.7 Å². The molecule has 1 heterocycles. The zero-order chi connectivity index (χ0) is 20.1. The Labute approximate surface area is 172 Å². The molecule has 1 aromatic heterocycles. The van der Waals surface area contributed by atoms with E-state index in [1.54, 1.807) is 30.3 Å². The summed E-state index contributed by atoms with van der Waals surface area (Å²) in [6.07, 6.45) is 1.42. The van der Waals surface area contributed by atoms with Crippen LogP contribution in [0.1, 0.15) is 16.9 Å². The Morgan fingerprint density at radius 3 is 2.61 bits per heavy atom. The second-order valence-electron chi connectivity index (χ2n) is 6.17. The molecule has 0 atom stereocenters. The molecule has 0 saturated heterocycles. The molecular formula is C21H18Cl2N2O3. The number of nitrogens with one attached hydrogen (secondary N) is 1. The van der Waals surface area contributed by atoms with Crippen molar-refractivity contribution in [1.29, 1.82) is 0 Å². The minimum atomic E-state index is -0.386. The molecule has 3 aromatic rings. The van der Waals surface area contributed by atoms with Crippen molar-refractivity contribution in [1.82, 2.24) is 5.43 Å². The van der Waals surface area contributed by atoms with Gasteiger partial charge in [0.2, 0.25) is 0 Å². The number of hydrogen-bond acceptors (Lipinski definition) is 4. The molecule has 2 aromatic carbocycles. The number of ether oxygens (including phenoxy) is 1. The molecule has 0 saturated carbocycles. The summed E-state index contributed by atoms with van der Waals surface area (Å²) in [7, 11) is 0. The van der Waals surface area contributed by atoms with Gasteiger partial charge in [-0.05, 0) is 61.4 Å². The number of amides is 1. The molecule has 0 aliphatic carbocycles. The third kappa shape index (κ3) is 5.15. The maximum atomic E-state index is 11.9. The van der Waals surface area contributed by atoms with E-state index in [2.05, 4.69) is 10.5 Å². The number of benzene rings is 2. The highest BCUT2D eigenvalue weighted by Gasteiger charge is 2.07. The molecule has 0 aliphatic rings. The van der Waals surface area contributed by atoms with Gasteiger partial charge in [0.25, 0.3) is 5.91 Å². The van der Waals surface area contributed by atoms with Crippen LogP contribution in [0.2, 0.25) is 10.0 Å². The summed E-state index contributed by atoms with van der Waals surface area (Å²) in [5.74, 6) is 1.35. The first kappa shape index (κ1) is 20.0. The smallest absolute Gasteiger partial charge is 0.277 e. The molecule has 1 N–H and O–H groups in total. The molecular weight excluding hydrogens is 399 g/mol. The van der Waals surface area contributed by atoms with E-state index in [0.717, 1.165) is 16.7 Å². The van der Waals surface area contributed by atoms with Crippen molar-refractivity contribution in [3.8, 4) is 17.1 Å². The van der Waals surface area contributed by atoms with Crippen LogP contribution in [0.25, 0.3) is 11.3 Å². The Hall–Kier alpha value is -2.76. The van der Waals surface area contributed by atoms with Crippen molar-refractivity contribution in [2.75, 3.05) is 6.61 Å². The second-order valence-corrected chi connectivity index (χ2v) is 6.98. The monoisotopic (exact) mass is 416 g/mol. The molecule has 3 rings (SSSR count). The molecule has 5 nitrogen and oxygen atoms in total. The number of nitrogens with zero attached hydrogens (tertiary/aromatic N) is 1. The third-order valence-corrected chi connectivity index (χ3v) is 4.73. The lowest BCUT2D eigenvalue weighted by Crippen LogP contribution is -2.24. The number of carbonyl (C=O) groups is 1. The fourth-order valence-corrected chi connectivity index (χ4v) is 2.86. The first-order valence-electron chi connectivity index (χ1n) is 8.49. The lowest BCUT2D eigenvalue weighted by Gasteiger charge is -2.09. The van der Waals surface area contributed by atoms with Gasteiger partial charge in [-0.1, -0.05) is 35.3 Å². The summed E-state index contributed by atoms with van der Waals surface area (Å²) >= 11 is 12.1. The second kappa shape index (κ2) is 8.95. The van der Waals surface area contributed by atoms with Gasteiger partial charge in [0, 0.05) is 15.6 Å². The van der Waals surface area contributed by atoms with Gasteiger partial charge in [0.1, 0.15) is 17.3 Å². The van der Waals surface area contributed by atoms with Crippen LogP contribution >= 0.6 is 23.2 Å². The normalized spacial score (nSPS) is 11.0. The Morgan fingerprint density at radius 1 is 1.14 bits per heavy atom. The maximum absolute atomic E-state index is 11.9. The van der Waals surface area contributed by atoms with E-state index in [1.165, 1.54) is 6.21 Å². The number of furan rings is 1. The van der Waals surface area contributed by atoms with E-state index in [0.29, 0.717) is 27.3 Å². The highest BCUT2D eigenvalue weighted by Crippen LogP contribution is 2.26. The average Bonchev–Trinajstić information content (AvgIpc) is 3.13. The summed E-state index contributed by atoms with van der Waals surface area (Å²) in [4.78, 5) is 11.9. The quantitative estimate of drug-likeness (QED) is 0.432. The summed E-state index contributed by atoms with van der Waals surface area (Å²) in [5, 5.41) is 5.20. The topological polar surface area (TPSA) is 63.8 Å². The Balaban J connectivity index is 1.53. The SMILES string of the molecule is Cc1cc(OCC(=O)N/N=C/c2ccc(-c3cccc(Cl)c3)o2)cc(C)c1Cl. The van der Waals surface area contributed by atoms with Crippen molar-refractivity contribution in [3.63, 3.8) is 0 Å². The van der Waals surface area contributed by atoms with E-state index in [1.807, 2.05) is 32.0 Å². The zero-order valence-electron chi connectivity index (χ0n) is 15.3. The Morgan fingerprint density at radius 2 is 1.89 bits per heavy atom. The molecule has 7 heteroatoms. The maximum Gasteiger partial charge on any atom is 0.277 e. The third-order valence-electron chi connectivity index (χ3n) is 3.90. The number of rotatable bonds is 6. The van der Waals surface area contributed by atoms with Crippen LogP contribution in [0.15, 0.2) is 58.0 Å². The van der Waals surface area contributed by atoms with Crippen molar-refractivity contribution in [3.05, 3.63) is 75.5 Å². The van der Waals surface area contributed by atoms with Gasteiger partial charge < -0.3 is 9.15 Å². The highest BCUT2D eigenvalue weighted by molar-refractivity contribution is 6.32. The predicted molar refractivity (Wildman–Crippen MR) is 111 cm³/mol. The average molecular weight is 417 g/mol. The molecule has 0 aliphatic heterocycles. The van der Waals surface area contributed by atoms with Crippen molar-refractivity contribution in [2.45, 2.75) is 13.8 Å². The molecule has 0 bridgehead atoms. The minimum Gasteiger partial charge on any atom is -0.484 e. The van der Waals surface area contributed by atoms with Gasteiger partial charge in [0.15, 0.2) is 6.61 Å². The Kier molecular flexibility index (Phi) is 6.39. The molecule has 0 fully saturated rings. The van der Waals surface area contributed by atoms with Gasteiger partial charge in [-0.3, -0.25) is 4.79 Å². The molecule has 1 amide bonds. The van der Waals surface area contributed by atoms with E-state index in [4.69, 9.17) is 32.4 Å². The van der Waals surface area contributed by atoms with Crippen LogP contribution in [0.4, 0.5) is 0 Å². The predicted octanol–water partition coefficient (Wildman–Crippen LogP) is 5.40. The van der Waals surface area contributed by atoms with Crippen molar-refractivity contribution in [2.24, 2.45) is 5.10 Å². The van der Waals surface area contributed by atoms with Gasteiger partial charge in [0.05, 0.1) is 6.21 Å². The first-order valence-corrected chi connectivity index (χ1v) is 9.25. The van der Waals surface area contributed by atoms with Crippen LogP contribution < -0.4 is 10.2 Å². The Bertz CT molecular complexity index is 1000. The molecule has 28 heavy (non-hydrogen) atoms. The number of carbonyl (C=O) groups excluding carboxylic acids is 1. The minimum absolute atomic E-state index is 0.163. The van der Waals surface area contributed by atoms with Gasteiger partial charge in [-0.25, -0.2) is 5.43 Å². The molecule has 144 valence electrons. The van der Waals surface area contributed by atoms with Crippen molar-refractivity contribution >= 4 is 35.3 Å². The molecule has 0 unspecified atom stereocenters. The largest absolute Gasteiger partial charge is 0.484 e. The van der Waals surface area contributed by atoms with Crippen LogP contribution in [0.3, 0.4) is 0 Å². The number of halogens is 2. The van der Waals surface area contributed by atoms with Crippen LogP contribution in [0.5, 0.6) is 5.75 Å². The fourth-order valence-electron chi connectivity index (χ4n) is 2.56. The van der Waals surface area contributed by atoms with Crippen LogP contribution in [-0.2, 0) is 4.79 Å². The van der Waals surface area contributed by atoms with Gasteiger partial charge in [-0.2, -0.15) is 5.10 Å². The standard InChI is InChI=1S/C21H18Cl2N2O3/c1-13-8-18(9-14(2)21(13)23)27-12-20(26)25-24-11-17-6-7-19(28-17)15-4-3-5-16(22)10-15/h3-11H,12H2,1-2H3,(H,25,26)/b24-11+. The summed E-state index contributed by atoms with van der Waals surface area (Å²) in [5.41, 5.74) is 5.04. The van der Waals surface area contributed by atoms with Gasteiger partial charge >= 0.3 is 0 Å². The summed E-state index contributed by atoms with van der Waals surface area (Å²) < 4.78 is 11.2. The van der Waals surface area contributed by atoms with E-state index in [9.17, 15) is 4.79 Å². The van der Waals surface area contributed by atoms with E-state index in [-0.39, 0.29) is 12.5 Å². The zero-order valence-corrected chi connectivity index (χ0v) is 16.8. The lowest BCUT2D eigenvalue weighted by molar-refractivity contribution is -0.123. The highest BCUT2D eigenvalue weighted by atomic mass is 35.5. The summed E-state index contributed by atoms with van der Waals surface area (Å²) in [6.45, 7) is 3.60. The molecule has 0 spiro atoms. The first-order chi connectivity index (χ1) is 13.4. The number of hydrazone groups is 1. The van der Waals surface area contributed by atoms with E-state index >= 15 is 0 Å². The van der Waals surface area contributed by atoms with E-state index < -0.39 is 0 Å². The van der Waals surface area contributed by atoms with Crippen LogP contribution in [0, 0.1) is 13.8 Å². The number of hydrogen-bond donors (Lipinski definition) is 1.